The molecule has 0 saturated carbocycles. The van der Waals surface area contributed by atoms with E-state index in [1.165, 1.54) is 25.3 Å². The third-order valence-electron chi connectivity index (χ3n) is 5.12. The van der Waals surface area contributed by atoms with Crippen LogP contribution in [0.15, 0.2) is 24.9 Å². The number of fused-ring (bicyclic) bond motifs is 3. The molecule has 0 aromatic carbocycles. The van der Waals surface area contributed by atoms with Gasteiger partial charge in [0.1, 0.15) is 6.10 Å². The van der Waals surface area contributed by atoms with E-state index >= 15 is 0 Å². The predicted molar refractivity (Wildman–Crippen MR) is 108 cm³/mol. The van der Waals surface area contributed by atoms with Crippen molar-refractivity contribution in [2.45, 2.75) is 75.9 Å². The molecule has 0 radical (unpaired) electrons. The van der Waals surface area contributed by atoms with Crippen molar-refractivity contribution in [3.8, 4) is 6.01 Å². The molecule has 2 N–H and O–H groups in total. The highest BCUT2D eigenvalue weighted by Gasteiger charge is 2.53. The number of aliphatic hydroxyl groups excluding tert-OH is 1. The van der Waals surface area contributed by atoms with Crippen molar-refractivity contribution >= 4 is 18.4 Å². The van der Waals surface area contributed by atoms with Gasteiger partial charge in [0.25, 0.3) is 0 Å². The van der Waals surface area contributed by atoms with E-state index in [0.717, 1.165) is 25.7 Å². The number of allylic oxidation sites excluding steroid dienone is 1. The minimum absolute atomic E-state index is 0. The van der Waals surface area contributed by atoms with Crippen LogP contribution in [0.25, 0.3) is 0 Å². The molecule has 2 aliphatic rings. The largest absolute Gasteiger partial charge is 0.455 e. The van der Waals surface area contributed by atoms with E-state index in [0.29, 0.717) is 6.42 Å². The smallest absolute Gasteiger partial charge is 0.306 e. The van der Waals surface area contributed by atoms with Crippen LogP contribution < -0.4 is 10.2 Å². The van der Waals surface area contributed by atoms with Crippen LogP contribution in [-0.2, 0) is 14.3 Å². The van der Waals surface area contributed by atoms with Gasteiger partial charge in [0.05, 0.1) is 6.61 Å². The number of unbranched alkanes of at least 4 members (excludes halogenated alkanes) is 6. The van der Waals surface area contributed by atoms with Crippen LogP contribution in [0, 0.1) is 5.41 Å². The zero-order chi connectivity index (χ0) is 19.9. The lowest BCUT2D eigenvalue weighted by Gasteiger charge is -2.20. The lowest BCUT2D eigenvalue weighted by Crippen LogP contribution is -2.39. The van der Waals surface area contributed by atoms with Crippen molar-refractivity contribution in [3.63, 3.8) is 0 Å². The molecular weight excluding hydrogens is 398 g/mol. The van der Waals surface area contributed by atoms with Crippen LogP contribution in [0.5, 0.6) is 6.01 Å². The quantitative estimate of drug-likeness (QED) is 0.319. The summed E-state index contributed by atoms with van der Waals surface area (Å²) >= 11 is 0. The molecule has 9 heteroatoms. The highest BCUT2D eigenvalue weighted by molar-refractivity contribution is 5.85. The summed E-state index contributed by atoms with van der Waals surface area (Å²) in [6.45, 7) is 3.45. The Morgan fingerprint density at radius 1 is 1.31 bits per heavy atom. The number of nitrogens with zero attached hydrogens (tertiary/aromatic N) is 2. The number of carbonyl (C=O) groups is 1. The highest BCUT2D eigenvalue weighted by Crippen LogP contribution is 2.40. The van der Waals surface area contributed by atoms with E-state index < -0.39 is 24.5 Å². The topological polar surface area (TPSA) is 107 Å². The summed E-state index contributed by atoms with van der Waals surface area (Å²) < 4.78 is 18.8. The first-order valence-electron chi connectivity index (χ1n) is 10.0. The molecule has 4 atom stereocenters. The van der Waals surface area contributed by atoms with Gasteiger partial charge in [-0.15, -0.1) is 19.0 Å². The lowest BCUT2D eigenvalue weighted by molar-refractivity contribution is -0.156. The van der Waals surface area contributed by atoms with Crippen molar-refractivity contribution in [1.82, 2.24) is 9.55 Å². The molecule has 0 unspecified atom stereocenters. The van der Waals surface area contributed by atoms with Gasteiger partial charge in [-0.05, 0) is 25.3 Å². The minimum atomic E-state index is -0.697. The fourth-order valence-corrected chi connectivity index (χ4v) is 3.64. The molecule has 1 aromatic rings. The van der Waals surface area contributed by atoms with Gasteiger partial charge in [-0.25, -0.2) is 0 Å². The first kappa shape index (κ1) is 23.4. The molecule has 1 aromatic heterocycles. The second-order valence-electron chi connectivity index (χ2n) is 7.24. The number of ether oxygens (including phenoxy) is 3. The van der Waals surface area contributed by atoms with Crippen molar-refractivity contribution in [2.24, 2.45) is 0 Å². The molecule has 0 spiro atoms. The van der Waals surface area contributed by atoms with Gasteiger partial charge in [-0.2, -0.15) is 4.98 Å². The van der Waals surface area contributed by atoms with Gasteiger partial charge in [0, 0.05) is 12.6 Å². The van der Waals surface area contributed by atoms with Crippen molar-refractivity contribution in [2.75, 3.05) is 6.61 Å². The molecule has 8 nitrogen and oxygen atoms in total. The predicted octanol–water partition coefficient (Wildman–Crippen LogP) is 2.65. The summed E-state index contributed by atoms with van der Waals surface area (Å²) in [5.74, 6) is -0.307. The second-order valence-corrected chi connectivity index (χ2v) is 7.24. The zero-order valence-electron chi connectivity index (χ0n) is 16.5. The molecule has 29 heavy (non-hydrogen) atoms. The summed E-state index contributed by atoms with van der Waals surface area (Å²) in [4.78, 5) is 16.3. The van der Waals surface area contributed by atoms with Crippen molar-refractivity contribution < 1.29 is 24.1 Å². The van der Waals surface area contributed by atoms with Gasteiger partial charge < -0.3 is 19.3 Å². The average Bonchev–Trinajstić information content (AvgIpc) is 3.19. The summed E-state index contributed by atoms with van der Waals surface area (Å²) in [5.41, 5.74) is 0.0861. The number of hydrogen-bond donors (Lipinski definition) is 2. The summed E-state index contributed by atoms with van der Waals surface area (Å²) in [7, 11) is 0. The van der Waals surface area contributed by atoms with Gasteiger partial charge >= 0.3 is 12.0 Å². The number of aromatic nitrogens is 2. The standard InChI is InChI=1S/C20H29N3O5.ClH/c1-2-3-4-5-6-7-8-9-10-16(25)27-17-14(13-24)26-19-18(17)28-20-22-15(21)11-12-23(19)20;/h2,11-12,14,17-19,21,24H,1,3-10,13H2;1H/t14-,17-,18+,19-;/m1./s1. The number of halogens is 1. The minimum Gasteiger partial charge on any atom is -0.455 e. The van der Waals surface area contributed by atoms with Crippen molar-refractivity contribution in [1.29, 1.82) is 5.41 Å². The first-order valence-corrected chi connectivity index (χ1v) is 10.0. The number of carbonyl (C=O) groups excluding carboxylic acids is 1. The van der Waals surface area contributed by atoms with E-state index in [-0.39, 0.29) is 36.5 Å². The van der Waals surface area contributed by atoms with Crippen LogP contribution in [0.1, 0.15) is 57.6 Å². The van der Waals surface area contributed by atoms with E-state index in [2.05, 4.69) is 11.6 Å². The Kier molecular flexibility index (Phi) is 9.13. The Morgan fingerprint density at radius 3 is 2.76 bits per heavy atom. The zero-order valence-corrected chi connectivity index (χ0v) is 17.3. The Bertz CT molecular complexity index is 741. The van der Waals surface area contributed by atoms with E-state index in [1.54, 1.807) is 10.8 Å². The number of aliphatic hydroxyl groups is 1. The Balaban J connectivity index is 0.00000300. The van der Waals surface area contributed by atoms with Gasteiger partial charge in [0.2, 0.25) is 0 Å². The molecule has 3 rings (SSSR count). The van der Waals surface area contributed by atoms with Crippen LogP contribution in [-0.4, -0.2) is 45.5 Å². The van der Waals surface area contributed by atoms with Crippen LogP contribution in [0.3, 0.4) is 0 Å². The Hall–Kier alpha value is -1.90. The highest BCUT2D eigenvalue weighted by atomic mass is 35.5. The van der Waals surface area contributed by atoms with Gasteiger partial charge in [-0.3, -0.25) is 14.8 Å². The van der Waals surface area contributed by atoms with E-state index in [4.69, 9.17) is 19.6 Å². The molecule has 1 fully saturated rings. The SMILES string of the molecule is C=CCCCCCCCCC(=O)O[C@H]1[C@@H]2Oc3nc(=N)ccn3[C@@H]2O[C@@H]1CO.Cl. The number of esters is 1. The van der Waals surface area contributed by atoms with Crippen LogP contribution in [0.4, 0.5) is 0 Å². The third kappa shape index (κ3) is 5.81. The lowest BCUT2D eigenvalue weighted by atomic mass is 10.1. The molecule has 0 bridgehead atoms. The Labute approximate surface area is 176 Å². The molecule has 2 aliphatic heterocycles. The molecule has 3 heterocycles. The van der Waals surface area contributed by atoms with Crippen LogP contribution in [0.2, 0.25) is 0 Å². The molecule has 0 aliphatic carbocycles. The van der Waals surface area contributed by atoms with Crippen molar-refractivity contribution in [3.05, 3.63) is 30.4 Å². The normalized spacial score (nSPS) is 24.2. The number of nitrogens with one attached hydrogen (secondary N) is 1. The van der Waals surface area contributed by atoms with E-state index in [9.17, 15) is 9.90 Å². The molecule has 162 valence electrons. The second kappa shape index (κ2) is 11.3. The fraction of sp³-hybridized carbons (Fsp3) is 0.650. The summed E-state index contributed by atoms with van der Waals surface area (Å²) in [6.07, 6.45) is 9.01. The van der Waals surface area contributed by atoms with Gasteiger partial charge in [-0.1, -0.05) is 31.8 Å². The fourth-order valence-electron chi connectivity index (χ4n) is 3.64. The maximum Gasteiger partial charge on any atom is 0.306 e. The Morgan fingerprint density at radius 2 is 2.03 bits per heavy atom. The van der Waals surface area contributed by atoms with Gasteiger partial charge in [0.15, 0.2) is 23.9 Å². The molecule has 1 saturated heterocycles. The number of hydrogen-bond acceptors (Lipinski definition) is 7. The first-order chi connectivity index (χ1) is 13.6. The van der Waals surface area contributed by atoms with Crippen LogP contribution >= 0.6 is 12.4 Å². The maximum atomic E-state index is 12.3. The summed E-state index contributed by atoms with van der Waals surface area (Å²) in [6, 6.07) is 1.79. The monoisotopic (exact) mass is 427 g/mol. The molecule has 0 amide bonds. The maximum absolute atomic E-state index is 12.3. The number of rotatable bonds is 11. The third-order valence-corrected chi connectivity index (χ3v) is 5.12. The van der Waals surface area contributed by atoms with E-state index in [1.807, 2.05) is 6.08 Å². The summed E-state index contributed by atoms with van der Waals surface area (Å²) in [5, 5.41) is 17.2. The molecular formula is C20H30ClN3O5. The average molecular weight is 428 g/mol.